The van der Waals surface area contributed by atoms with Gasteiger partial charge in [0.1, 0.15) is 5.69 Å². The van der Waals surface area contributed by atoms with Gasteiger partial charge in [0.15, 0.2) is 23.3 Å². The summed E-state index contributed by atoms with van der Waals surface area (Å²) < 4.78 is 66.9. The minimum Gasteiger partial charge on any atom is -0.392 e. The fourth-order valence-electron chi connectivity index (χ4n) is 2.44. The Bertz CT molecular complexity index is 1130. The van der Waals surface area contributed by atoms with E-state index in [1.54, 1.807) is 29.6 Å². The number of anilines is 1. The van der Waals surface area contributed by atoms with E-state index >= 15 is 0 Å². The van der Waals surface area contributed by atoms with Gasteiger partial charge < -0.3 is 10.4 Å². The van der Waals surface area contributed by atoms with Crippen molar-refractivity contribution in [3.63, 3.8) is 0 Å². The highest BCUT2D eigenvalue weighted by molar-refractivity contribution is 6.04. The van der Waals surface area contributed by atoms with Crippen LogP contribution in [0.4, 0.5) is 27.6 Å². The topological polar surface area (TPSA) is 49.3 Å². The molecule has 3 aromatic rings. The van der Waals surface area contributed by atoms with Crippen LogP contribution in [0, 0.1) is 40.9 Å². The molecule has 3 nitrogen and oxygen atoms in total. The second kappa shape index (κ2) is 8.76. The van der Waals surface area contributed by atoms with Crippen molar-refractivity contribution in [1.29, 1.82) is 0 Å². The monoisotopic (exact) mass is 417 g/mol. The summed E-state index contributed by atoms with van der Waals surface area (Å²) in [4.78, 5) is 12.1. The zero-order valence-corrected chi connectivity index (χ0v) is 15.1. The Hall–Kier alpha value is -3.70. The molecular weight excluding hydrogens is 405 g/mol. The highest BCUT2D eigenvalue weighted by atomic mass is 19.2. The molecule has 30 heavy (non-hydrogen) atoms. The molecule has 0 saturated heterocycles. The van der Waals surface area contributed by atoms with Crippen molar-refractivity contribution in [2.45, 2.75) is 6.61 Å². The summed E-state index contributed by atoms with van der Waals surface area (Å²) in [6.45, 7) is -0.0811. The zero-order valence-electron chi connectivity index (χ0n) is 15.1. The van der Waals surface area contributed by atoms with Crippen molar-refractivity contribution < 1.29 is 31.9 Å². The predicted molar refractivity (Wildman–Crippen MR) is 99.0 cm³/mol. The molecule has 1 amide bonds. The van der Waals surface area contributed by atoms with Crippen LogP contribution in [-0.2, 0) is 6.61 Å². The van der Waals surface area contributed by atoms with Crippen LogP contribution in [0.5, 0.6) is 0 Å². The lowest BCUT2D eigenvalue weighted by Gasteiger charge is -2.10. The molecule has 3 rings (SSSR count). The van der Waals surface area contributed by atoms with Crippen LogP contribution in [0.25, 0.3) is 0 Å². The minimum atomic E-state index is -2.31. The Morgan fingerprint density at radius 2 is 1.17 bits per heavy atom. The molecule has 3 aromatic carbocycles. The molecule has 0 aliphatic carbocycles. The first-order chi connectivity index (χ1) is 14.3. The van der Waals surface area contributed by atoms with E-state index in [0.29, 0.717) is 11.1 Å². The van der Waals surface area contributed by atoms with Gasteiger partial charge in [0.2, 0.25) is 5.82 Å². The number of hydrogen-bond acceptors (Lipinski definition) is 2. The van der Waals surface area contributed by atoms with E-state index in [1.807, 2.05) is 0 Å². The van der Waals surface area contributed by atoms with Crippen molar-refractivity contribution in [2.24, 2.45) is 0 Å². The Balaban J connectivity index is 1.77. The molecule has 0 unspecified atom stereocenters. The molecular formula is C22H12F5NO2. The molecule has 0 radical (unpaired) electrons. The summed E-state index contributed by atoms with van der Waals surface area (Å²) in [5.41, 5.74) is 0.461. The maximum Gasteiger partial charge on any atom is 0.255 e. The van der Waals surface area contributed by atoms with E-state index < -0.39 is 40.7 Å². The first kappa shape index (κ1) is 21.0. The van der Waals surface area contributed by atoms with E-state index in [1.165, 1.54) is 24.3 Å². The molecule has 0 aliphatic rings. The van der Waals surface area contributed by atoms with E-state index in [-0.39, 0.29) is 12.2 Å². The standard InChI is InChI=1S/C22H12F5NO2/c23-16-17(24)19(26)21(20(27)18(16)25)28-22(30)15-9-7-13(8-10-15)2-1-12-3-5-14(11-29)6-4-12/h3-10,29H,11H2,(H,28,30). The van der Waals surface area contributed by atoms with Crippen molar-refractivity contribution in [1.82, 2.24) is 0 Å². The lowest BCUT2D eigenvalue weighted by molar-refractivity contribution is 0.102. The Morgan fingerprint density at radius 1 is 0.733 bits per heavy atom. The third kappa shape index (κ3) is 4.31. The van der Waals surface area contributed by atoms with E-state index in [9.17, 15) is 26.7 Å². The van der Waals surface area contributed by atoms with Gasteiger partial charge in [0, 0.05) is 16.7 Å². The molecule has 0 fully saturated rings. The van der Waals surface area contributed by atoms with Gasteiger partial charge in [-0.25, -0.2) is 22.0 Å². The van der Waals surface area contributed by atoms with E-state index in [4.69, 9.17) is 5.11 Å². The first-order valence-corrected chi connectivity index (χ1v) is 8.46. The predicted octanol–water partition coefficient (Wildman–Crippen LogP) is 4.53. The van der Waals surface area contributed by atoms with Crippen LogP contribution in [0.15, 0.2) is 48.5 Å². The average molecular weight is 417 g/mol. The number of hydrogen-bond donors (Lipinski definition) is 2. The lowest BCUT2D eigenvalue weighted by Crippen LogP contribution is -2.16. The number of benzene rings is 3. The molecule has 2 N–H and O–H groups in total. The number of aliphatic hydroxyl groups excluding tert-OH is 1. The number of nitrogens with one attached hydrogen (secondary N) is 1. The van der Waals surface area contributed by atoms with Crippen LogP contribution in [0.3, 0.4) is 0 Å². The maximum atomic E-state index is 13.7. The van der Waals surface area contributed by atoms with Gasteiger partial charge in [-0.05, 0) is 42.0 Å². The number of amides is 1. The first-order valence-electron chi connectivity index (χ1n) is 8.46. The summed E-state index contributed by atoms with van der Waals surface area (Å²) in [5.74, 6) is -6.20. The highest BCUT2D eigenvalue weighted by Gasteiger charge is 2.27. The number of rotatable bonds is 3. The van der Waals surface area contributed by atoms with Gasteiger partial charge in [-0.2, -0.15) is 0 Å². The van der Waals surface area contributed by atoms with Crippen molar-refractivity contribution >= 4 is 11.6 Å². The molecule has 0 aliphatic heterocycles. The van der Waals surface area contributed by atoms with Crippen molar-refractivity contribution in [3.8, 4) is 11.8 Å². The van der Waals surface area contributed by atoms with Crippen LogP contribution in [0.2, 0.25) is 0 Å². The fraction of sp³-hybridized carbons (Fsp3) is 0.0455. The molecule has 0 bridgehead atoms. The molecule has 0 saturated carbocycles. The number of carbonyl (C=O) groups excluding carboxylic acids is 1. The SMILES string of the molecule is O=C(Nc1c(F)c(F)c(F)c(F)c1F)c1ccc(C#Cc2ccc(CO)cc2)cc1. The maximum absolute atomic E-state index is 13.7. The number of carbonyl (C=O) groups is 1. The number of aliphatic hydroxyl groups is 1. The third-order valence-corrected chi connectivity index (χ3v) is 4.08. The number of halogens is 5. The largest absolute Gasteiger partial charge is 0.392 e. The fourth-order valence-corrected chi connectivity index (χ4v) is 2.44. The molecule has 0 heterocycles. The van der Waals surface area contributed by atoms with E-state index in [2.05, 4.69) is 11.8 Å². The normalized spacial score (nSPS) is 10.3. The summed E-state index contributed by atoms with van der Waals surface area (Å²) in [6, 6.07) is 12.4. The van der Waals surface area contributed by atoms with Crippen LogP contribution < -0.4 is 5.32 Å². The van der Waals surface area contributed by atoms with Crippen molar-refractivity contribution in [3.05, 3.63) is 99.9 Å². The van der Waals surface area contributed by atoms with Crippen LogP contribution >= 0.6 is 0 Å². The molecule has 0 aromatic heterocycles. The molecule has 152 valence electrons. The van der Waals surface area contributed by atoms with Gasteiger partial charge in [-0.1, -0.05) is 24.0 Å². The quantitative estimate of drug-likeness (QED) is 0.285. The van der Waals surface area contributed by atoms with Crippen LogP contribution in [-0.4, -0.2) is 11.0 Å². The van der Waals surface area contributed by atoms with Gasteiger partial charge in [0.25, 0.3) is 5.91 Å². The summed E-state index contributed by atoms with van der Waals surface area (Å²) in [7, 11) is 0. The summed E-state index contributed by atoms with van der Waals surface area (Å²) in [5, 5.41) is 10.7. The summed E-state index contributed by atoms with van der Waals surface area (Å²) in [6.07, 6.45) is 0. The van der Waals surface area contributed by atoms with Gasteiger partial charge in [-0.3, -0.25) is 4.79 Å². The zero-order chi connectivity index (χ0) is 21.8. The lowest BCUT2D eigenvalue weighted by atomic mass is 10.1. The van der Waals surface area contributed by atoms with Crippen molar-refractivity contribution in [2.75, 3.05) is 5.32 Å². The third-order valence-electron chi connectivity index (χ3n) is 4.08. The van der Waals surface area contributed by atoms with E-state index in [0.717, 1.165) is 5.56 Å². The second-order valence-corrected chi connectivity index (χ2v) is 6.08. The van der Waals surface area contributed by atoms with Gasteiger partial charge in [0.05, 0.1) is 6.61 Å². The van der Waals surface area contributed by atoms with Crippen LogP contribution in [0.1, 0.15) is 27.0 Å². The molecule has 8 heteroatoms. The molecule has 0 atom stereocenters. The smallest absolute Gasteiger partial charge is 0.255 e. The average Bonchev–Trinajstić information content (AvgIpc) is 2.78. The van der Waals surface area contributed by atoms with Gasteiger partial charge in [-0.15, -0.1) is 0 Å². The molecule has 0 spiro atoms. The minimum absolute atomic E-state index is 0.0724. The van der Waals surface area contributed by atoms with Gasteiger partial charge >= 0.3 is 0 Å². The summed E-state index contributed by atoms with van der Waals surface area (Å²) >= 11 is 0. The Kier molecular flexibility index (Phi) is 6.14. The second-order valence-electron chi connectivity index (χ2n) is 6.08. The highest BCUT2D eigenvalue weighted by Crippen LogP contribution is 2.27. The Labute approximate surface area is 167 Å². The Morgan fingerprint density at radius 3 is 1.63 bits per heavy atom.